The first-order chi connectivity index (χ1) is 13.3. The van der Waals surface area contributed by atoms with Gasteiger partial charge in [-0.05, 0) is 60.7 Å². The van der Waals surface area contributed by atoms with Crippen LogP contribution in [0.5, 0.6) is 11.5 Å². The second-order valence-electron chi connectivity index (χ2n) is 7.18. The molecule has 0 aliphatic carbocycles. The normalized spacial score (nSPS) is 19.2. The van der Waals surface area contributed by atoms with Gasteiger partial charge in [-0.2, -0.15) is 0 Å². The van der Waals surface area contributed by atoms with Crippen molar-refractivity contribution in [3.63, 3.8) is 0 Å². The first kappa shape index (κ1) is 17.9. The van der Waals surface area contributed by atoms with Gasteiger partial charge in [0.1, 0.15) is 0 Å². The number of benzene rings is 2. The molecule has 1 amide bonds. The van der Waals surface area contributed by atoms with Crippen LogP contribution in [0.4, 0.5) is 0 Å². The Kier molecular flexibility index (Phi) is 5.58. The lowest BCUT2D eigenvalue weighted by Crippen LogP contribution is -2.28. The summed E-state index contributed by atoms with van der Waals surface area (Å²) in [6.45, 7) is 3.93. The van der Waals surface area contributed by atoms with Crippen LogP contribution < -0.4 is 20.1 Å². The summed E-state index contributed by atoms with van der Waals surface area (Å²) >= 11 is 0. The average molecular weight is 366 g/mol. The Balaban J connectivity index is 1.35. The predicted molar refractivity (Wildman–Crippen MR) is 105 cm³/mol. The van der Waals surface area contributed by atoms with E-state index in [0.717, 1.165) is 36.6 Å². The van der Waals surface area contributed by atoms with Crippen LogP contribution in [-0.2, 0) is 6.54 Å². The topological polar surface area (TPSA) is 59.6 Å². The summed E-state index contributed by atoms with van der Waals surface area (Å²) in [4.78, 5) is 12.5. The summed E-state index contributed by atoms with van der Waals surface area (Å²) in [5.41, 5.74) is 3.00. The highest BCUT2D eigenvalue weighted by atomic mass is 16.5. The van der Waals surface area contributed by atoms with Crippen molar-refractivity contribution in [3.8, 4) is 11.5 Å². The van der Waals surface area contributed by atoms with Crippen molar-refractivity contribution in [3.05, 3.63) is 59.2 Å². The second-order valence-corrected chi connectivity index (χ2v) is 7.18. The lowest BCUT2D eigenvalue weighted by Gasteiger charge is -2.23. The number of amides is 1. The fourth-order valence-corrected chi connectivity index (χ4v) is 3.65. The minimum atomic E-state index is -0.0598. The van der Waals surface area contributed by atoms with Gasteiger partial charge >= 0.3 is 0 Å². The number of rotatable bonds is 4. The molecule has 2 aromatic carbocycles. The summed E-state index contributed by atoms with van der Waals surface area (Å²) < 4.78 is 11.4. The molecule has 1 saturated heterocycles. The SMILES string of the molecule is O=C(NCc1ccc2c(c1)OCCCO2)c1ccc([C@H]2CCCNC2)cc1. The number of hydrogen-bond acceptors (Lipinski definition) is 4. The Morgan fingerprint density at radius 3 is 2.63 bits per heavy atom. The maximum atomic E-state index is 12.5. The van der Waals surface area contributed by atoms with Crippen LogP contribution in [0.15, 0.2) is 42.5 Å². The zero-order valence-corrected chi connectivity index (χ0v) is 15.5. The molecule has 0 unspecified atom stereocenters. The van der Waals surface area contributed by atoms with E-state index in [1.54, 1.807) is 0 Å². The highest BCUT2D eigenvalue weighted by Crippen LogP contribution is 2.30. The number of piperidine rings is 1. The molecule has 5 nitrogen and oxygen atoms in total. The Labute approximate surface area is 160 Å². The van der Waals surface area contributed by atoms with E-state index < -0.39 is 0 Å². The third-order valence-electron chi connectivity index (χ3n) is 5.21. The van der Waals surface area contributed by atoms with E-state index in [1.165, 1.54) is 18.4 Å². The molecule has 142 valence electrons. The molecular formula is C22H26N2O3. The van der Waals surface area contributed by atoms with Gasteiger partial charge in [-0.1, -0.05) is 18.2 Å². The Bertz CT molecular complexity index is 783. The van der Waals surface area contributed by atoms with E-state index in [4.69, 9.17) is 9.47 Å². The van der Waals surface area contributed by atoms with E-state index in [2.05, 4.69) is 22.8 Å². The van der Waals surface area contributed by atoms with Crippen molar-refractivity contribution in [2.24, 2.45) is 0 Å². The molecule has 2 N–H and O–H groups in total. The van der Waals surface area contributed by atoms with Crippen molar-refractivity contribution in [2.45, 2.75) is 31.7 Å². The van der Waals surface area contributed by atoms with Gasteiger partial charge in [-0.3, -0.25) is 4.79 Å². The number of nitrogens with one attached hydrogen (secondary N) is 2. The number of ether oxygens (including phenoxy) is 2. The molecule has 1 fully saturated rings. The molecule has 2 aliphatic rings. The summed E-state index contributed by atoms with van der Waals surface area (Å²) in [7, 11) is 0. The molecule has 1 atom stereocenters. The summed E-state index contributed by atoms with van der Waals surface area (Å²) in [6, 6.07) is 13.8. The van der Waals surface area contributed by atoms with Crippen LogP contribution in [0.1, 0.15) is 46.7 Å². The van der Waals surface area contributed by atoms with Crippen LogP contribution >= 0.6 is 0 Å². The zero-order chi connectivity index (χ0) is 18.5. The average Bonchev–Trinajstić information content (AvgIpc) is 2.98. The third kappa shape index (κ3) is 4.42. The number of hydrogen-bond donors (Lipinski definition) is 2. The predicted octanol–water partition coefficient (Wildman–Crippen LogP) is 3.24. The van der Waals surface area contributed by atoms with Gasteiger partial charge in [0, 0.05) is 25.1 Å². The fraction of sp³-hybridized carbons (Fsp3) is 0.409. The summed E-state index contributed by atoms with van der Waals surface area (Å²) in [6.07, 6.45) is 3.30. The zero-order valence-electron chi connectivity index (χ0n) is 15.5. The lowest BCUT2D eigenvalue weighted by atomic mass is 9.91. The number of fused-ring (bicyclic) bond motifs is 1. The van der Waals surface area contributed by atoms with E-state index in [0.29, 0.717) is 31.2 Å². The molecule has 5 heteroatoms. The van der Waals surface area contributed by atoms with Crippen LogP contribution in [-0.4, -0.2) is 32.2 Å². The first-order valence-electron chi connectivity index (χ1n) is 9.77. The standard InChI is InChI=1S/C22H26N2O3/c25-22(18-7-5-17(6-8-18)19-3-1-10-23-15-19)24-14-16-4-9-20-21(13-16)27-12-2-11-26-20/h4-9,13,19,23H,1-3,10-12,14-15H2,(H,24,25)/t19-/m0/s1. The van der Waals surface area contributed by atoms with E-state index >= 15 is 0 Å². The molecule has 0 radical (unpaired) electrons. The van der Waals surface area contributed by atoms with Crippen molar-refractivity contribution >= 4 is 5.91 Å². The summed E-state index contributed by atoms with van der Waals surface area (Å²) in [5, 5.41) is 6.43. The Morgan fingerprint density at radius 2 is 1.85 bits per heavy atom. The van der Waals surface area contributed by atoms with Crippen molar-refractivity contribution in [2.75, 3.05) is 26.3 Å². The van der Waals surface area contributed by atoms with Crippen LogP contribution in [0.25, 0.3) is 0 Å². The van der Waals surface area contributed by atoms with Gasteiger partial charge in [-0.15, -0.1) is 0 Å². The quantitative estimate of drug-likeness (QED) is 0.872. The molecule has 27 heavy (non-hydrogen) atoms. The van der Waals surface area contributed by atoms with Crippen molar-refractivity contribution in [1.82, 2.24) is 10.6 Å². The van der Waals surface area contributed by atoms with Gasteiger partial charge < -0.3 is 20.1 Å². The highest BCUT2D eigenvalue weighted by molar-refractivity contribution is 5.94. The van der Waals surface area contributed by atoms with Gasteiger partial charge in [0.2, 0.25) is 0 Å². The maximum absolute atomic E-state index is 12.5. The second kappa shape index (κ2) is 8.44. The molecule has 0 aromatic heterocycles. The minimum absolute atomic E-state index is 0.0598. The van der Waals surface area contributed by atoms with Gasteiger partial charge in [0.15, 0.2) is 11.5 Å². The first-order valence-corrected chi connectivity index (χ1v) is 9.77. The van der Waals surface area contributed by atoms with Crippen LogP contribution in [0, 0.1) is 0 Å². The molecule has 4 rings (SSSR count). The van der Waals surface area contributed by atoms with Gasteiger partial charge in [0.05, 0.1) is 13.2 Å². The third-order valence-corrected chi connectivity index (χ3v) is 5.21. The van der Waals surface area contributed by atoms with Gasteiger partial charge in [-0.25, -0.2) is 0 Å². The molecule has 0 spiro atoms. The Hall–Kier alpha value is -2.53. The molecule has 0 bridgehead atoms. The molecule has 2 aliphatic heterocycles. The molecule has 2 heterocycles. The van der Waals surface area contributed by atoms with Crippen LogP contribution in [0.3, 0.4) is 0 Å². The van der Waals surface area contributed by atoms with Crippen molar-refractivity contribution < 1.29 is 14.3 Å². The lowest BCUT2D eigenvalue weighted by molar-refractivity contribution is 0.0951. The maximum Gasteiger partial charge on any atom is 0.251 e. The van der Waals surface area contributed by atoms with E-state index in [9.17, 15) is 4.79 Å². The fourth-order valence-electron chi connectivity index (χ4n) is 3.65. The molecule has 2 aromatic rings. The van der Waals surface area contributed by atoms with Crippen LogP contribution in [0.2, 0.25) is 0 Å². The number of carbonyl (C=O) groups excluding carboxylic acids is 1. The number of carbonyl (C=O) groups is 1. The summed E-state index contributed by atoms with van der Waals surface area (Å²) in [5.74, 6) is 2.02. The minimum Gasteiger partial charge on any atom is -0.490 e. The Morgan fingerprint density at radius 1 is 1.04 bits per heavy atom. The van der Waals surface area contributed by atoms with Gasteiger partial charge in [0.25, 0.3) is 5.91 Å². The highest BCUT2D eigenvalue weighted by Gasteiger charge is 2.16. The van der Waals surface area contributed by atoms with Crippen molar-refractivity contribution in [1.29, 1.82) is 0 Å². The largest absolute Gasteiger partial charge is 0.490 e. The smallest absolute Gasteiger partial charge is 0.251 e. The van der Waals surface area contributed by atoms with E-state index in [-0.39, 0.29) is 5.91 Å². The van der Waals surface area contributed by atoms with E-state index in [1.807, 2.05) is 30.3 Å². The molecule has 0 saturated carbocycles. The molecular weight excluding hydrogens is 340 g/mol. The monoisotopic (exact) mass is 366 g/mol.